The summed E-state index contributed by atoms with van der Waals surface area (Å²) in [4.78, 5) is 13.7. The van der Waals surface area contributed by atoms with E-state index < -0.39 is 0 Å². The van der Waals surface area contributed by atoms with Gasteiger partial charge in [-0.25, -0.2) is 0 Å². The first-order chi connectivity index (χ1) is 11.2. The molecule has 0 atom stereocenters. The summed E-state index contributed by atoms with van der Waals surface area (Å²) in [5.74, 6) is -0.0226. The summed E-state index contributed by atoms with van der Waals surface area (Å²) < 4.78 is 0. The molecule has 0 amide bonds. The molecular weight excluding hydrogens is 324 g/mol. The molecule has 0 spiro atoms. The Labute approximate surface area is 144 Å². The van der Waals surface area contributed by atoms with Crippen LogP contribution in [0.15, 0.2) is 66.7 Å². The van der Waals surface area contributed by atoms with E-state index in [1.807, 2.05) is 66.7 Å². The maximum absolute atomic E-state index is 13.1. The second-order valence-corrected chi connectivity index (χ2v) is 6.23. The highest BCUT2D eigenvalue weighted by molar-refractivity contribution is 7.81. The van der Waals surface area contributed by atoms with Crippen LogP contribution in [0, 0.1) is 0 Å². The zero-order valence-corrected chi connectivity index (χ0v) is 13.6. The smallest absolute Gasteiger partial charge is 0.195 e. The Morgan fingerprint density at radius 3 is 2.09 bits per heavy atom. The lowest BCUT2D eigenvalue weighted by molar-refractivity contribution is 0.103. The molecule has 3 aromatic carbocycles. The molecule has 3 heteroatoms. The van der Waals surface area contributed by atoms with Crippen molar-refractivity contribution in [2.24, 2.45) is 0 Å². The quantitative estimate of drug-likeness (QED) is 0.438. The maximum Gasteiger partial charge on any atom is 0.195 e. The SMILES string of the molecule is O=C1c2ccccc2C(=S)c2c(Cl)ccc(-c3ccccc3)c21. The van der Waals surface area contributed by atoms with E-state index in [-0.39, 0.29) is 5.78 Å². The van der Waals surface area contributed by atoms with Crippen LogP contribution in [0.25, 0.3) is 11.1 Å². The molecule has 1 nitrogen and oxygen atoms in total. The number of benzene rings is 3. The van der Waals surface area contributed by atoms with E-state index in [0.29, 0.717) is 26.6 Å². The Balaban J connectivity index is 2.06. The van der Waals surface area contributed by atoms with Gasteiger partial charge in [-0.2, -0.15) is 0 Å². The Bertz CT molecular complexity index is 961. The topological polar surface area (TPSA) is 17.1 Å². The van der Waals surface area contributed by atoms with Crippen molar-refractivity contribution in [1.29, 1.82) is 0 Å². The third-order valence-electron chi connectivity index (χ3n) is 4.11. The molecule has 1 aliphatic rings. The first-order valence-electron chi connectivity index (χ1n) is 7.25. The monoisotopic (exact) mass is 334 g/mol. The number of fused-ring (bicyclic) bond motifs is 2. The van der Waals surface area contributed by atoms with Gasteiger partial charge in [0.25, 0.3) is 0 Å². The molecule has 0 aliphatic heterocycles. The van der Waals surface area contributed by atoms with Crippen LogP contribution in [0.4, 0.5) is 0 Å². The predicted octanol–water partition coefficient (Wildman–Crippen LogP) is 5.32. The van der Waals surface area contributed by atoms with Gasteiger partial charge in [-0.05, 0) is 17.2 Å². The van der Waals surface area contributed by atoms with Crippen LogP contribution < -0.4 is 0 Å². The standard InChI is InChI=1S/C20H11ClOS/c21-16-11-10-13(12-6-2-1-3-7-12)17-18(16)20(23)15-9-5-4-8-14(15)19(17)22/h1-11H. The first kappa shape index (κ1) is 14.3. The Hall–Kier alpha value is -2.29. The van der Waals surface area contributed by atoms with Crippen LogP contribution in [0.5, 0.6) is 0 Å². The molecule has 0 bridgehead atoms. The van der Waals surface area contributed by atoms with Crippen LogP contribution in [0.3, 0.4) is 0 Å². The number of ketones is 1. The van der Waals surface area contributed by atoms with Crippen molar-refractivity contribution >= 4 is 34.5 Å². The first-order valence-corrected chi connectivity index (χ1v) is 8.03. The zero-order chi connectivity index (χ0) is 16.0. The molecule has 23 heavy (non-hydrogen) atoms. The summed E-state index contributed by atoms with van der Waals surface area (Å²) in [5.41, 5.74) is 4.55. The lowest BCUT2D eigenvalue weighted by Crippen LogP contribution is -2.21. The van der Waals surface area contributed by atoms with Gasteiger partial charge in [-0.3, -0.25) is 4.79 Å². The van der Waals surface area contributed by atoms with Gasteiger partial charge >= 0.3 is 0 Å². The van der Waals surface area contributed by atoms with E-state index in [2.05, 4.69) is 0 Å². The summed E-state index contributed by atoms with van der Waals surface area (Å²) in [6.07, 6.45) is 0. The van der Waals surface area contributed by atoms with Crippen LogP contribution in [-0.2, 0) is 0 Å². The molecule has 0 aromatic heterocycles. The molecule has 0 fully saturated rings. The number of carbonyl (C=O) groups is 1. The minimum absolute atomic E-state index is 0.0226. The summed E-state index contributed by atoms with van der Waals surface area (Å²) in [6, 6.07) is 21.0. The fraction of sp³-hybridized carbons (Fsp3) is 0. The molecule has 1 aliphatic carbocycles. The summed E-state index contributed by atoms with van der Waals surface area (Å²) in [6.45, 7) is 0. The molecule has 0 heterocycles. The fourth-order valence-electron chi connectivity index (χ4n) is 3.04. The molecule has 3 aromatic rings. The van der Waals surface area contributed by atoms with E-state index in [0.717, 1.165) is 16.7 Å². The van der Waals surface area contributed by atoms with Gasteiger partial charge in [0, 0.05) is 22.3 Å². The highest BCUT2D eigenvalue weighted by Crippen LogP contribution is 2.38. The Morgan fingerprint density at radius 1 is 0.696 bits per heavy atom. The number of thiocarbonyl (C=S) groups is 1. The fourth-order valence-corrected chi connectivity index (χ4v) is 3.74. The van der Waals surface area contributed by atoms with Crippen molar-refractivity contribution in [3.8, 4) is 11.1 Å². The second-order valence-electron chi connectivity index (χ2n) is 5.41. The van der Waals surface area contributed by atoms with Gasteiger partial charge in [0.1, 0.15) is 0 Å². The van der Waals surface area contributed by atoms with Gasteiger partial charge in [-0.15, -0.1) is 0 Å². The van der Waals surface area contributed by atoms with Crippen molar-refractivity contribution < 1.29 is 4.79 Å². The van der Waals surface area contributed by atoms with Gasteiger partial charge < -0.3 is 0 Å². The predicted molar refractivity (Wildman–Crippen MR) is 97.6 cm³/mol. The van der Waals surface area contributed by atoms with E-state index in [4.69, 9.17) is 23.8 Å². The van der Waals surface area contributed by atoms with Gasteiger partial charge in [0.05, 0.1) is 9.89 Å². The van der Waals surface area contributed by atoms with Gasteiger partial charge in [-0.1, -0.05) is 84.5 Å². The van der Waals surface area contributed by atoms with Gasteiger partial charge in [0.2, 0.25) is 0 Å². The molecule has 0 saturated carbocycles. The number of hydrogen-bond donors (Lipinski definition) is 0. The third kappa shape index (κ3) is 2.14. The van der Waals surface area contributed by atoms with E-state index in [1.165, 1.54) is 0 Å². The largest absolute Gasteiger partial charge is 0.289 e. The van der Waals surface area contributed by atoms with Crippen molar-refractivity contribution in [1.82, 2.24) is 0 Å². The number of rotatable bonds is 1. The Kier molecular flexibility index (Phi) is 3.37. The number of carbonyl (C=O) groups excluding carboxylic acids is 1. The maximum atomic E-state index is 13.1. The summed E-state index contributed by atoms with van der Waals surface area (Å²) in [5, 5.41) is 0.521. The van der Waals surface area contributed by atoms with Crippen molar-refractivity contribution in [2.45, 2.75) is 0 Å². The molecular formula is C20H11ClOS. The normalized spacial score (nSPS) is 12.7. The van der Waals surface area contributed by atoms with Crippen molar-refractivity contribution in [2.75, 3.05) is 0 Å². The summed E-state index contributed by atoms with van der Waals surface area (Å²) in [7, 11) is 0. The van der Waals surface area contributed by atoms with E-state index in [1.54, 1.807) is 0 Å². The summed E-state index contributed by atoms with van der Waals surface area (Å²) >= 11 is 12.0. The van der Waals surface area contributed by atoms with Crippen LogP contribution >= 0.6 is 23.8 Å². The lowest BCUT2D eigenvalue weighted by Gasteiger charge is -2.23. The highest BCUT2D eigenvalue weighted by atomic mass is 35.5. The number of hydrogen-bond acceptors (Lipinski definition) is 2. The van der Waals surface area contributed by atoms with Gasteiger partial charge in [0.15, 0.2) is 5.78 Å². The van der Waals surface area contributed by atoms with Crippen LogP contribution in [0.1, 0.15) is 27.0 Å². The average molecular weight is 335 g/mol. The van der Waals surface area contributed by atoms with Crippen molar-refractivity contribution in [3.63, 3.8) is 0 Å². The second kappa shape index (κ2) is 5.41. The minimum Gasteiger partial charge on any atom is -0.289 e. The average Bonchev–Trinajstić information content (AvgIpc) is 2.60. The minimum atomic E-state index is -0.0226. The Morgan fingerprint density at radius 2 is 1.35 bits per heavy atom. The molecule has 4 rings (SSSR count). The molecule has 0 radical (unpaired) electrons. The lowest BCUT2D eigenvalue weighted by atomic mass is 9.81. The highest BCUT2D eigenvalue weighted by Gasteiger charge is 2.31. The third-order valence-corrected chi connectivity index (χ3v) is 4.85. The molecule has 110 valence electrons. The molecule has 0 saturated heterocycles. The van der Waals surface area contributed by atoms with Crippen LogP contribution in [-0.4, -0.2) is 10.6 Å². The van der Waals surface area contributed by atoms with E-state index >= 15 is 0 Å². The van der Waals surface area contributed by atoms with Crippen LogP contribution in [0.2, 0.25) is 5.02 Å². The molecule has 0 N–H and O–H groups in total. The molecule has 0 unspecified atom stereocenters. The number of halogens is 1. The van der Waals surface area contributed by atoms with E-state index in [9.17, 15) is 4.79 Å². The zero-order valence-electron chi connectivity index (χ0n) is 12.0. The van der Waals surface area contributed by atoms with Crippen molar-refractivity contribution in [3.05, 3.63) is 94.0 Å².